The number of rotatable bonds is 6. The summed E-state index contributed by atoms with van der Waals surface area (Å²) in [5.74, 6) is 0.743. The Bertz CT molecular complexity index is 1510. The van der Waals surface area contributed by atoms with E-state index in [-0.39, 0.29) is 45.7 Å². The molecule has 0 radical (unpaired) electrons. The van der Waals surface area contributed by atoms with Crippen LogP contribution in [0.15, 0.2) is 53.0 Å². The van der Waals surface area contributed by atoms with Gasteiger partial charge in [-0.1, -0.05) is 51.4 Å². The van der Waals surface area contributed by atoms with Gasteiger partial charge in [0.05, 0.1) is 12.1 Å². The van der Waals surface area contributed by atoms with Gasteiger partial charge in [-0.3, -0.25) is 14.4 Å². The van der Waals surface area contributed by atoms with Gasteiger partial charge in [-0.05, 0) is 59.6 Å². The van der Waals surface area contributed by atoms with Crippen LogP contribution >= 0.6 is 11.6 Å². The summed E-state index contributed by atoms with van der Waals surface area (Å²) in [6.45, 7) is 11.8. The van der Waals surface area contributed by atoms with E-state index in [4.69, 9.17) is 25.8 Å². The van der Waals surface area contributed by atoms with Gasteiger partial charge in [0.1, 0.15) is 11.5 Å². The Hall–Kier alpha value is -3.58. The molecule has 0 unspecified atom stereocenters. The summed E-state index contributed by atoms with van der Waals surface area (Å²) >= 11 is 6.77. The lowest BCUT2D eigenvalue weighted by Crippen LogP contribution is -2.37. The summed E-state index contributed by atoms with van der Waals surface area (Å²) in [5, 5.41) is 3.09. The molecule has 0 saturated carbocycles. The standard InChI is InChI=1S/C34H38ClNO6/c1-18-9-8-10-22(19(18)2)36-28(39)17-41-32-21(35)11-20(12-25(32)40-7)29-30-23(37)13-33(3,4)15-26(30)42-27-16-34(5,6)14-24(38)31(27)29/h8-12,29H,13-17H2,1-7H3,(H,36,39). The van der Waals surface area contributed by atoms with Crippen LogP contribution in [0.25, 0.3) is 0 Å². The van der Waals surface area contributed by atoms with Crippen molar-refractivity contribution in [1.29, 1.82) is 0 Å². The van der Waals surface area contributed by atoms with Crippen molar-refractivity contribution in [2.24, 2.45) is 10.8 Å². The molecule has 2 aliphatic carbocycles. The number of anilines is 1. The number of methoxy groups -OCH3 is 1. The highest BCUT2D eigenvalue weighted by molar-refractivity contribution is 6.32. The Kier molecular flexibility index (Phi) is 7.77. The molecule has 1 N–H and O–H groups in total. The van der Waals surface area contributed by atoms with Crippen molar-refractivity contribution in [2.75, 3.05) is 19.0 Å². The molecule has 42 heavy (non-hydrogen) atoms. The zero-order valence-electron chi connectivity index (χ0n) is 25.3. The quantitative estimate of drug-likeness (QED) is 0.377. The van der Waals surface area contributed by atoms with E-state index in [1.165, 1.54) is 7.11 Å². The number of allylic oxidation sites excluding steroid dienone is 4. The number of hydrogen-bond donors (Lipinski definition) is 1. The predicted octanol–water partition coefficient (Wildman–Crippen LogP) is 7.38. The fraction of sp³-hybridized carbons (Fsp3) is 0.441. The zero-order valence-corrected chi connectivity index (χ0v) is 26.1. The molecular weight excluding hydrogens is 554 g/mol. The Balaban J connectivity index is 1.50. The molecule has 0 spiro atoms. The van der Waals surface area contributed by atoms with Crippen LogP contribution in [0.4, 0.5) is 5.69 Å². The van der Waals surface area contributed by atoms with Crippen molar-refractivity contribution < 1.29 is 28.6 Å². The van der Waals surface area contributed by atoms with Gasteiger partial charge in [0.2, 0.25) is 0 Å². The van der Waals surface area contributed by atoms with E-state index in [0.717, 1.165) is 11.1 Å². The Labute approximate surface area is 252 Å². The van der Waals surface area contributed by atoms with E-state index < -0.39 is 5.92 Å². The number of carbonyl (C=O) groups excluding carboxylic acids is 3. The highest BCUT2D eigenvalue weighted by atomic mass is 35.5. The molecule has 0 aromatic heterocycles. The number of Topliss-reactive ketones (excluding diaryl/α,β-unsaturated/α-hetero) is 2. The average molecular weight is 592 g/mol. The summed E-state index contributed by atoms with van der Waals surface area (Å²) in [6.07, 6.45) is 1.90. The van der Waals surface area contributed by atoms with E-state index in [0.29, 0.717) is 65.3 Å². The number of nitrogens with one attached hydrogen (secondary N) is 1. The number of ketones is 2. The lowest BCUT2D eigenvalue weighted by Gasteiger charge is -2.42. The Morgan fingerprint density at radius 1 is 0.976 bits per heavy atom. The van der Waals surface area contributed by atoms with Gasteiger partial charge in [-0.15, -0.1) is 0 Å². The first kappa shape index (κ1) is 29.9. The Morgan fingerprint density at radius 3 is 2.14 bits per heavy atom. The number of carbonyl (C=O) groups is 3. The minimum atomic E-state index is -0.621. The number of ether oxygens (including phenoxy) is 3. The van der Waals surface area contributed by atoms with Crippen molar-refractivity contribution >= 4 is 34.8 Å². The first-order valence-electron chi connectivity index (χ1n) is 14.3. The van der Waals surface area contributed by atoms with Gasteiger partial charge in [0.15, 0.2) is 29.7 Å². The lowest BCUT2D eigenvalue weighted by atomic mass is 9.65. The van der Waals surface area contributed by atoms with Gasteiger partial charge < -0.3 is 19.5 Å². The lowest BCUT2D eigenvalue weighted by molar-refractivity contribution is -0.120. The average Bonchev–Trinajstić information content (AvgIpc) is 2.87. The maximum Gasteiger partial charge on any atom is 0.262 e. The third-order valence-electron chi connectivity index (χ3n) is 8.39. The maximum absolute atomic E-state index is 13.6. The molecule has 8 heteroatoms. The second-order valence-corrected chi connectivity index (χ2v) is 13.6. The fourth-order valence-corrected chi connectivity index (χ4v) is 6.54. The summed E-state index contributed by atoms with van der Waals surface area (Å²) < 4.78 is 17.9. The smallest absolute Gasteiger partial charge is 0.262 e. The second-order valence-electron chi connectivity index (χ2n) is 13.2. The van der Waals surface area contributed by atoms with Crippen LogP contribution in [0.2, 0.25) is 5.02 Å². The summed E-state index contributed by atoms with van der Waals surface area (Å²) in [6, 6.07) is 9.14. The van der Waals surface area contributed by atoms with Gasteiger partial charge in [-0.25, -0.2) is 0 Å². The van der Waals surface area contributed by atoms with Crippen LogP contribution in [0, 0.1) is 24.7 Å². The minimum Gasteiger partial charge on any atom is -0.493 e. The SMILES string of the molecule is COc1cc(C2C3=C(CC(C)(C)CC3=O)OC3=C2C(=O)CC(C)(C)C3)cc(Cl)c1OCC(=O)Nc1cccc(C)c1C. The largest absolute Gasteiger partial charge is 0.493 e. The topological polar surface area (TPSA) is 90.9 Å². The zero-order chi connectivity index (χ0) is 30.6. The summed E-state index contributed by atoms with van der Waals surface area (Å²) in [5.41, 5.74) is 3.93. The van der Waals surface area contributed by atoms with Crippen LogP contribution in [0.3, 0.4) is 0 Å². The van der Waals surface area contributed by atoms with Gasteiger partial charge >= 0.3 is 0 Å². The van der Waals surface area contributed by atoms with Crippen molar-refractivity contribution in [3.8, 4) is 11.5 Å². The normalized spacial score (nSPS) is 19.6. The molecule has 2 aromatic rings. The molecule has 3 aliphatic rings. The number of amides is 1. The summed E-state index contributed by atoms with van der Waals surface area (Å²) in [4.78, 5) is 40.0. The van der Waals surface area contributed by atoms with E-state index in [1.54, 1.807) is 12.1 Å². The molecule has 1 amide bonds. The monoisotopic (exact) mass is 591 g/mol. The number of benzene rings is 2. The molecule has 0 fully saturated rings. The van der Waals surface area contributed by atoms with Crippen LogP contribution in [-0.4, -0.2) is 31.2 Å². The van der Waals surface area contributed by atoms with E-state index in [1.807, 2.05) is 32.0 Å². The van der Waals surface area contributed by atoms with Crippen LogP contribution in [0.5, 0.6) is 11.5 Å². The van der Waals surface area contributed by atoms with Crippen molar-refractivity contribution in [2.45, 2.75) is 73.1 Å². The molecule has 0 atom stereocenters. The van der Waals surface area contributed by atoms with Crippen molar-refractivity contribution in [3.05, 3.63) is 74.7 Å². The molecule has 222 valence electrons. The maximum atomic E-state index is 13.6. The van der Waals surface area contributed by atoms with Gasteiger partial charge in [-0.2, -0.15) is 0 Å². The number of halogens is 1. The molecule has 0 bridgehead atoms. The van der Waals surface area contributed by atoms with E-state index in [9.17, 15) is 14.4 Å². The van der Waals surface area contributed by atoms with Crippen molar-refractivity contribution in [3.63, 3.8) is 0 Å². The van der Waals surface area contributed by atoms with Gasteiger partial charge in [0, 0.05) is 48.4 Å². The Morgan fingerprint density at radius 2 is 1.57 bits per heavy atom. The molecule has 7 nitrogen and oxygen atoms in total. The van der Waals surface area contributed by atoms with E-state index >= 15 is 0 Å². The van der Waals surface area contributed by atoms with E-state index in [2.05, 4.69) is 33.0 Å². The molecule has 2 aromatic carbocycles. The highest BCUT2D eigenvalue weighted by Crippen LogP contribution is 2.54. The van der Waals surface area contributed by atoms with Crippen LogP contribution in [-0.2, 0) is 19.1 Å². The van der Waals surface area contributed by atoms with Crippen molar-refractivity contribution in [1.82, 2.24) is 0 Å². The first-order chi connectivity index (χ1) is 19.7. The number of hydrogen-bond acceptors (Lipinski definition) is 6. The summed E-state index contributed by atoms with van der Waals surface area (Å²) in [7, 11) is 1.49. The van der Waals surface area contributed by atoms with Crippen LogP contribution < -0.4 is 14.8 Å². The highest BCUT2D eigenvalue weighted by Gasteiger charge is 2.48. The number of aryl methyl sites for hydroxylation is 1. The van der Waals surface area contributed by atoms with Gasteiger partial charge in [0.25, 0.3) is 5.91 Å². The predicted molar refractivity (Wildman–Crippen MR) is 162 cm³/mol. The first-order valence-corrected chi connectivity index (χ1v) is 14.6. The molecule has 0 saturated heterocycles. The second kappa shape index (κ2) is 10.9. The molecule has 1 heterocycles. The fourth-order valence-electron chi connectivity index (χ4n) is 6.26. The third-order valence-corrected chi connectivity index (χ3v) is 8.67. The van der Waals surface area contributed by atoms with Crippen LogP contribution in [0.1, 0.15) is 76.0 Å². The minimum absolute atomic E-state index is 0.0334. The third kappa shape index (κ3) is 5.71. The molecule has 5 rings (SSSR count). The molecular formula is C34H38ClNO6. The molecule has 1 aliphatic heterocycles.